The molecular formula is C36H33F2N7O2. The van der Waals surface area contributed by atoms with Gasteiger partial charge in [-0.1, -0.05) is 31.4 Å². The quantitative estimate of drug-likeness (QED) is 0.191. The van der Waals surface area contributed by atoms with Crippen LogP contribution in [0.2, 0.25) is 0 Å². The number of nitrogen functional groups attached to an aromatic ring is 1. The van der Waals surface area contributed by atoms with Crippen LogP contribution in [0.4, 0.5) is 20.3 Å². The van der Waals surface area contributed by atoms with Gasteiger partial charge in [0.1, 0.15) is 34.8 Å². The van der Waals surface area contributed by atoms with Crippen LogP contribution in [-0.2, 0) is 0 Å². The average molecular weight is 634 g/mol. The summed E-state index contributed by atoms with van der Waals surface area (Å²) in [6, 6.07) is 13.1. The normalized spacial score (nSPS) is 13.4. The summed E-state index contributed by atoms with van der Waals surface area (Å²) in [5.74, 6) is -1.81. The van der Waals surface area contributed by atoms with E-state index in [1.807, 2.05) is 16.9 Å². The summed E-state index contributed by atoms with van der Waals surface area (Å²) in [6.07, 6.45) is 12.5. The van der Waals surface area contributed by atoms with E-state index in [0.717, 1.165) is 30.0 Å². The van der Waals surface area contributed by atoms with E-state index in [9.17, 15) is 19.2 Å². The van der Waals surface area contributed by atoms with E-state index >= 15 is 4.39 Å². The summed E-state index contributed by atoms with van der Waals surface area (Å²) < 4.78 is 32.8. The number of hydrogen-bond donors (Lipinski definition) is 2. The average Bonchev–Trinajstić information content (AvgIpc) is 3.56. The summed E-state index contributed by atoms with van der Waals surface area (Å²) in [5.41, 5.74) is 7.81. The first-order valence-electron chi connectivity index (χ1n) is 15.5. The van der Waals surface area contributed by atoms with Crippen LogP contribution in [0.1, 0.15) is 74.1 Å². The van der Waals surface area contributed by atoms with Crippen molar-refractivity contribution in [2.24, 2.45) is 0 Å². The van der Waals surface area contributed by atoms with Crippen molar-refractivity contribution < 1.29 is 13.6 Å². The molecule has 3 N–H and O–H groups in total. The number of rotatable bonds is 7. The molecule has 3 heterocycles. The molecule has 9 nitrogen and oxygen atoms in total. The molecule has 1 fully saturated rings. The molecule has 1 aliphatic carbocycles. The summed E-state index contributed by atoms with van der Waals surface area (Å²) >= 11 is 0. The molecule has 0 unspecified atom stereocenters. The first-order valence-corrected chi connectivity index (χ1v) is 15.5. The van der Waals surface area contributed by atoms with Gasteiger partial charge < -0.3 is 15.6 Å². The summed E-state index contributed by atoms with van der Waals surface area (Å²) in [7, 11) is 0. The van der Waals surface area contributed by atoms with Crippen LogP contribution in [-0.4, -0.2) is 25.2 Å². The Labute approximate surface area is 270 Å². The van der Waals surface area contributed by atoms with Crippen LogP contribution < -0.4 is 16.5 Å². The molecule has 0 spiro atoms. The lowest BCUT2D eigenvalue weighted by atomic mass is 9.96. The minimum Gasteiger partial charge on any atom is -0.383 e. The number of nitriles is 1. The standard InChI is InChI=1S/C36H33F2N7O2/c1-21(2)44-20-30(34(46)33(32(44)16-39)22-8-10-25(37)11-9-22)36(47)43-26-12-13-28(31(38)15-26)29-14-23(17-41-35(29)40)24-18-42-45(19-24)27-6-4-3-5-7-27/h8-15,17-21,27H,3-7H2,1-2H3,(H2,40,41)(H,43,47). The second kappa shape index (κ2) is 13.0. The highest BCUT2D eigenvalue weighted by atomic mass is 19.1. The number of carbonyl (C=O) groups is 1. The molecule has 1 aliphatic rings. The lowest BCUT2D eigenvalue weighted by Gasteiger charge is -2.21. The van der Waals surface area contributed by atoms with Crippen LogP contribution in [0.25, 0.3) is 33.4 Å². The first-order chi connectivity index (χ1) is 22.6. The minimum absolute atomic E-state index is 0.0254. The van der Waals surface area contributed by atoms with E-state index in [-0.39, 0.29) is 39.9 Å². The lowest BCUT2D eigenvalue weighted by molar-refractivity contribution is 0.102. The van der Waals surface area contributed by atoms with Gasteiger partial charge in [-0.3, -0.25) is 14.3 Å². The molecule has 11 heteroatoms. The van der Waals surface area contributed by atoms with Crippen LogP contribution in [0.15, 0.2) is 78.1 Å². The van der Waals surface area contributed by atoms with Crippen LogP contribution >= 0.6 is 0 Å². The molecule has 238 valence electrons. The number of nitrogens with zero attached hydrogens (tertiary/aromatic N) is 5. The van der Waals surface area contributed by atoms with Crippen molar-refractivity contribution in [2.45, 2.75) is 58.0 Å². The molecule has 2 aromatic carbocycles. The predicted molar refractivity (Wildman–Crippen MR) is 177 cm³/mol. The van der Waals surface area contributed by atoms with Gasteiger partial charge in [-0.15, -0.1) is 0 Å². The number of hydrogen-bond acceptors (Lipinski definition) is 6. The Balaban J connectivity index is 1.29. The van der Waals surface area contributed by atoms with Gasteiger partial charge in [-0.05, 0) is 68.7 Å². The fourth-order valence-corrected chi connectivity index (χ4v) is 6.09. The molecule has 3 aromatic heterocycles. The lowest BCUT2D eigenvalue weighted by Crippen LogP contribution is -2.27. The second-order valence-electron chi connectivity index (χ2n) is 12.0. The Hall–Kier alpha value is -5.63. The van der Waals surface area contributed by atoms with E-state index in [1.165, 1.54) is 66.4 Å². The van der Waals surface area contributed by atoms with Crippen molar-refractivity contribution in [1.29, 1.82) is 5.26 Å². The molecule has 0 radical (unpaired) electrons. The molecule has 0 aliphatic heterocycles. The largest absolute Gasteiger partial charge is 0.383 e. The molecule has 0 atom stereocenters. The van der Waals surface area contributed by atoms with Crippen molar-refractivity contribution in [2.75, 3.05) is 11.1 Å². The maximum Gasteiger partial charge on any atom is 0.261 e. The summed E-state index contributed by atoms with van der Waals surface area (Å²) in [4.78, 5) is 31.4. The zero-order valence-electron chi connectivity index (χ0n) is 26.0. The molecular weight excluding hydrogens is 600 g/mol. The smallest absolute Gasteiger partial charge is 0.261 e. The van der Waals surface area contributed by atoms with Gasteiger partial charge in [0.15, 0.2) is 0 Å². The van der Waals surface area contributed by atoms with Crippen molar-refractivity contribution in [3.63, 3.8) is 0 Å². The maximum atomic E-state index is 15.6. The first kappa shape index (κ1) is 31.4. The molecule has 1 saturated carbocycles. The molecule has 6 rings (SSSR count). The fourth-order valence-electron chi connectivity index (χ4n) is 6.09. The molecule has 0 saturated heterocycles. The van der Waals surface area contributed by atoms with Gasteiger partial charge in [-0.25, -0.2) is 13.8 Å². The number of benzene rings is 2. The Morgan fingerprint density at radius 2 is 1.72 bits per heavy atom. The van der Waals surface area contributed by atoms with Gasteiger partial charge in [0.2, 0.25) is 5.43 Å². The molecule has 1 amide bonds. The number of nitrogens with one attached hydrogen (secondary N) is 1. The minimum atomic E-state index is -0.789. The van der Waals surface area contributed by atoms with Crippen LogP contribution in [0.3, 0.4) is 0 Å². The van der Waals surface area contributed by atoms with E-state index in [4.69, 9.17) is 5.73 Å². The third-order valence-corrected chi connectivity index (χ3v) is 8.59. The SMILES string of the molecule is CC(C)n1cc(C(=O)Nc2ccc(-c3cc(-c4cnn(C5CCCCC5)c4)cnc3N)c(F)c2)c(=O)c(-c2ccc(F)cc2)c1C#N. The number of carbonyl (C=O) groups excluding carboxylic acids is 1. The fraction of sp³-hybridized carbons (Fsp3) is 0.250. The Kier molecular flexibility index (Phi) is 8.68. The predicted octanol–water partition coefficient (Wildman–Crippen LogP) is 7.51. The van der Waals surface area contributed by atoms with Crippen LogP contribution in [0, 0.1) is 23.0 Å². The summed E-state index contributed by atoms with van der Waals surface area (Å²) in [6.45, 7) is 3.60. The third-order valence-electron chi connectivity index (χ3n) is 8.59. The van der Waals surface area contributed by atoms with Crippen molar-refractivity contribution >= 4 is 17.4 Å². The Bertz CT molecular complexity index is 2070. The van der Waals surface area contributed by atoms with Crippen molar-refractivity contribution in [3.05, 3.63) is 106 Å². The highest BCUT2D eigenvalue weighted by Gasteiger charge is 2.23. The van der Waals surface area contributed by atoms with E-state index in [2.05, 4.69) is 15.4 Å². The number of amides is 1. The number of nitrogens with two attached hydrogens (primary N) is 1. The highest BCUT2D eigenvalue weighted by molar-refractivity contribution is 6.05. The third kappa shape index (κ3) is 6.27. The molecule has 47 heavy (non-hydrogen) atoms. The van der Waals surface area contributed by atoms with Crippen molar-refractivity contribution in [3.8, 4) is 39.4 Å². The van der Waals surface area contributed by atoms with E-state index < -0.39 is 23.0 Å². The zero-order chi connectivity index (χ0) is 33.2. The second-order valence-corrected chi connectivity index (χ2v) is 12.0. The van der Waals surface area contributed by atoms with E-state index in [0.29, 0.717) is 17.2 Å². The maximum absolute atomic E-state index is 15.6. The Morgan fingerprint density at radius 3 is 2.40 bits per heavy atom. The molecule has 0 bridgehead atoms. The van der Waals surface area contributed by atoms with Gasteiger partial charge in [-0.2, -0.15) is 10.4 Å². The van der Waals surface area contributed by atoms with Gasteiger partial charge >= 0.3 is 0 Å². The zero-order valence-corrected chi connectivity index (χ0v) is 26.0. The number of aromatic nitrogens is 4. The van der Waals surface area contributed by atoms with Gasteiger partial charge in [0.25, 0.3) is 5.91 Å². The Morgan fingerprint density at radius 1 is 0.979 bits per heavy atom. The number of anilines is 2. The van der Waals surface area contributed by atoms with E-state index in [1.54, 1.807) is 32.3 Å². The monoisotopic (exact) mass is 633 g/mol. The van der Waals surface area contributed by atoms with Crippen molar-refractivity contribution in [1.82, 2.24) is 19.3 Å². The topological polar surface area (TPSA) is 132 Å². The summed E-state index contributed by atoms with van der Waals surface area (Å²) in [5, 5.41) is 17.1. The van der Waals surface area contributed by atoms with Gasteiger partial charge in [0.05, 0.1) is 17.8 Å². The molecule has 5 aromatic rings. The van der Waals surface area contributed by atoms with Gasteiger partial charge in [0, 0.05) is 52.6 Å². The number of pyridine rings is 2. The van der Waals surface area contributed by atoms with Crippen LogP contribution in [0.5, 0.6) is 0 Å². The number of halogens is 2. The highest BCUT2D eigenvalue weighted by Crippen LogP contribution is 2.34.